The monoisotopic (exact) mass is 431 g/mol. The van der Waals surface area contributed by atoms with Crippen LogP contribution in [0.4, 0.5) is 5.13 Å². The molecule has 0 aliphatic heterocycles. The summed E-state index contributed by atoms with van der Waals surface area (Å²) in [6, 6.07) is 5.67. The molecule has 0 aliphatic rings. The Morgan fingerprint density at radius 2 is 2.10 bits per heavy atom. The third kappa shape index (κ3) is 5.33. The predicted octanol–water partition coefficient (Wildman–Crippen LogP) is 4.63. The van der Waals surface area contributed by atoms with Crippen molar-refractivity contribution in [3.05, 3.63) is 53.0 Å². The Bertz CT molecular complexity index is 984. The summed E-state index contributed by atoms with van der Waals surface area (Å²) in [6.07, 6.45) is 1.72. The molecule has 29 heavy (non-hydrogen) atoms. The molecule has 2 heterocycles. The highest BCUT2D eigenvalue weighted by Crippen LogP contribution is 2.34. The summed E-state index contributed by atoms with van der Waals surface area (Å²) in [6.45, 7) is 6.78. The van der Waals surface area contributed by atoms with Gasteiger partial charge in [-0.1, -0.05) is 6.08 Å². The summed E-state index contributed by atoms with van der Waals surface area (Å²) in [4.78, 5) is 20.9. The zero-order valence-corrected chi connectivity index (χ0v) is 17.8. The number of hydrogen-bond donors (Lipinski definition) is 1. The van der Waals surface area contributed by atoms with Crippen LogP contribution in [-0.4, -0.2) is 36.2 Å². The van der Waals surface area contributed by atoms with E-state index in [0.29, 0.717) is 35.5 Å². The van der Waals surface area contributed by atoms with Gasteiger partial charge < -0.3 is 19.5 Å². The second-order valence-electron chi connectivity index (χ2n) is 5.73. The van der Waals surface area contributed by atoms with Crippen LogP contribution < -0.4 is 14.8 Å². The van der Waals surface area contributed by atoms with Crippen LogP contribution in [-0.2, 0) is 11.3 Å². The molecule has 1 aromatic carbocycles. The maximum atomic E-state index is 12.2. The van der Waals surface area contributed by atoms with Crippen molar-refractivity contribution in [3.63, 3.8) is 0 Å². The third-order valence-electron chi connectivity index (χ3n) is 3.72. The third-order valence-corrected chi connectivity index (χ3v) is 5.46. The van der Waals surface area contributed by atoms with E-state index in [1.54, 1.807) is 18.6 Å². The first-order valence-corrected chi connectivity index (χ1v) is 10.6. The maximum Gasteiger partial charge on any atom is 0.358 e. The lowest BCUT2D eigenvalue weighted by Gasteiger charge is -2.09. The van der Waals surface area contributed by atoms with Crippen molar-refractivity contribution >= 4 is 33.8 Å². The minimum Gasteiger partial charge on any atom is -0.493 e. The van der Waals surface area contributed by atoms with Crippen LogP contribution >= 0.6 is 22.7 Å². The molecule has 0 radical (unpaired) electrons. The Morgan fingerprint density at radius 3 is 2.86 bits per heavy atom. The van der Waals surface area contributed by atoms with Gasteiger partial charge in [-0.05, 0) is 25.1 Å². The van der Waals surface area contributed by atoms with E-state index in [2.05, 4.69) is 21.9 Å². The van der Waals surface area contributed by atoms with Gasteiger partial charge in [0.25, 0.3) is 0 Å². The number of esters is 1. The minimum absolute atomic E-state index is 0.0798. The lowest BCUT2D eigenvalue weighted by molar-refractivity contribution is 0.0462. The number of benzene rings is 1. The first-order valence-electron chi connectivity index (χ1n) is 8.87. The van der Waals surface area contributed by atoms with Crippen LogP contribution in [0.25, 0.3) is 10.6 Å². The standard InChI is InChI=1S/C20H21N3O4S2/c1-4-8-21-20-23-15(12-29-20)19(24)27-10-14-11-28-18(22-14)13-6-7-16(26-5-2)17(9-13)25-3/h4,6-7,9,11-12H,1,5,8,10H2,2-3H3,(H,21,23). The quantitative estimate of drug-likeness (QED) is 0.370. The van der Waals surface area contributed by atoms with Crippen molar-refractivity contribution < 1.29 is 19.0 Å². The van der Waals surface area contributed by atoms with Crippen molar-refractivity contribution in [3.8, 4) is 22.1 Å². The van der Waals surface area contributed by atoms with E-state index < -0.39 is 5.97 Å². The Kier molecular flexibility index (Phi) is 7.20. The first kappa shape index (κ1) is 20.8. The minimum atomic E-state index is -0.481. The number of nitrogens with one attached hydrogen (secondary N) is 1. The molecule has 152 valence electrons. The summed E-state index contributed by atoms with van der Waals surface area (Å²) in [5, 5.41) is 8.02. The fraction of sp³-hybridized carbons (Fsp3) is 0.250. The number of aromatic nitrogens is 2. The van der Waals surface area contributed by atoms with E-state index in [1.807, 2.05) is 30.5 Å². The average Bonchev–Trinajstić information content (AvgIpc) is 3.41. The van der Waals surface area contributed by atoms with Gasteiger partial charge in [-0.2, -0.15) is 0 Å². The highest BCUT2D eigenvalue weighted by atomic mass is 32.1. The van der Waals surface area contributed by atoms with E-state index in [-0.39, 0.29) is 12.3 Å². The number of methoxy groups -OCH3 is 1. The molecule has 0 saturated heterocycles. The maximum absolute atomic E-state index is 12.2. The summed E-state index contributed by atoms with van der Waals surface area (Å²) >= 11 is 2.81. The van der Waals surface area contributed by atoms with E-state index in [1.165, 1.54) is 22.7 Å². The highest BCUT2D eigenvalue weighted by molar-refractivity contribution is 7.14. The summed E-state index contributed by atoms with van der Waals surface area (Å²) in [5.41, 5.74) is 1.85. The molecular formula is C20H21N3O4S2. The number of anilines is 1. The molecule has 0 amide bonds. The Hall–Kier alpha value is -2.91. The molecule has 0 spiro atoms. The van der Waals surface area contributed by atoms with Gasteiger partial charge in [0.15, 0.2) is 22.3 Å². The van der Waals surface area contributed by atoms with Crippen LogP contribution in [0.1, 0.15) is 23.1 Å². The van der Waals surface area contributed by atoms with Crippen LogP contribution in [0, 0.1) is 0 Å². The van der Waals surface area contributed by atoms with E-state index >= 15 is 0 Å². The second-order valence-corrected chi connectivity index (χ2v) is 7.44. The Balaban J connectivity index is 1.62. The number of hydrogen-bond acceptors (Lipinski definition) is 9. The zero-order valence-electron chi connectivity index (χ0n) is 16.1. The smallest absolute Gasteiger partial charge is 0.358 e. The van der Waals surface area contributed by atoms with Gasteiger partial charge in [-0.25, -0.2) is 14.8 Å². The number of ether oxygens (including phenoxy) is 3. The largest absolute Gasteiger partial charge is 0.493 e. The van der Waals surface area contributed by atoms with Gasteiger partial charge >= 0.3 is 5.97 Å². The normalized spacial score (nSPS) is 10.4. The molecular weight excluding hydrogens is 410 g/mol. The van der Waals surface area contributed by atoms with Gasteiger partial charge in [-0.15, -0.1) is 29.3 Å². The molecule has 7 nitrogen and oxygen atoms in total. The van der Waals surface area contributed by atoms with Crippen LogP contribution in [0.5, 0.6) is 11.5 Å². The molecule has 1 N–H and O–H groups in total. The van der Waals surface area contributed by atoms with Crippen LogP contribution in [0.3, 0.4) is 0 Å². The molecule has 2 aromatic heterocycles. The number of thiazole rings is 2. The van der Waals surface area contributed by atoms with Crippen LogP contribution in [0.15, 0.2) is 41.6 Å². The van der Waals surface area contributed by atoms with Crippen molar-refractivity contribution in [2.75, 3.05) is 25.6 Å². The molecule has 0 atom stereocenters. The molecule has 0 aliphatic carbocycles. The van der Waals surface area contributed by atoms with E-state index in [0.717, 1.165) is 10.6 Å². The van der Waals surface area contributed by atoms with Gasteiger partial charge in [0, 0.05) is 22.9 Å². The Morgan fingerprint density at radius 1 is 1.24 bits per heavy atom. The molecule has 0 fully saturated rings. The molecule has 0 unspecified atom stereocenters. The van der Waals surface area contributed by atoms with Gasteiger partial charge in [-0.3, -0.25) is 0 Å². The van der Waals surface area contributed by atoms with E-state index in [9.17, 15) is 4.79 Å². The van der Waals surface area contributed by atoms with Gasteiger partial charge in [0.2, 0.25) is 0 Å². The molecule has 3 aromatic rings. The fourth-order valence-corrected chi connectivity index (χ4v) is 3.89. The molecule has 9 heteroatoms. The second kappa shape index (κ2) is 10.0. The number of nitrogens with zero attached hydrogens (tertiary/aromatic N) is 2. The van der Waals surface area contributed by atoms with E-state index in [4.69, 9.17) is 14.2 Å². The SMILES string of the molecule is C=CCNc1nc(C(=O)OCc2csc(-c3ccc(OCC)c(OC)c3)n2)cs1. The first-order chi connectivity index (χ1) is 14.1. The van der Waals surface area contributed by atoms with Crippen LogP contribution in [0.2, 0.25) is 0 Å². The number of carbonyl (C=O) groups excluding carboxylic acids is 1. The topological polar surface area (TPSA) is 82.6 Å². The lowest BCUT2D eigenvalue weighted by atomic mass is 10.2. The highest BCUT2D eigenvalue weighted by Gasteiger charge is 2.14. The zero-order chi connectivity index (χ0) is 20.6. The summed E-state index contributed by atoms with van der Waals surface area (Å²) < 4.78 is 16.3. The van der Waals surface area contributed by atoms with Gasteiger partial charge in [0.05, 0.1) is 19.4 Å². The molecule has 0 saturated carbocycles. The lowest BCUT2D eigenvalue weighted by Crippen LogP contribution is -2.06. The number of carbonyl (C=O) groups is 1. The van der Waals surface area contributed by atoms with Crippen molar-refractivity contribution in [2.24, 2.45) is 0 Å². The molecule has 0 bridgehead atoms. The fourth-order valence-electron chi connectivity index (χ4n) is 2.40. The van der Waals surface area contributed by atoms with Crippen molar-refractivity contribution in [1.82, 2.24) is 9.97 Å². The Labute approximate surface area is 177 Å². The summed E-state index contributed by atoms with van der Waals surface area (Å²) in [7, 11) is 1.60. The van der Waals surface area contributed by atoms with Crippen molar-refractivity contribution in [2.45, 2.75) is 13.5 Å². The predicted molar refractivity (Wildman–Crippen MR) is 115 cm³/mol. The van der Waals surface area contributed by atoms with Crippen molar-refractivity contribution in [1.29, 1.82) is 0 Å². The molecule has 3 rings (SSSR count). The number of rotatable bonds is 10. The van der Waals surface area contributed by atoms with Gasteiger partial charge in [0.1, 0.15) is 11.6 Å². The summed E-state index contributed by atoms with van der Waals surface area (Å²) in [5.74, 6) is 0.858. The average molecular weight is 432 g/mol.